The lowest BCUT2D eigenvalue weighted by molar-refractivity contribution is 0.203. The smallest absolute Gasteiger partial charge is 0.413 e. The highest BCUT2D eigenvalue weighted by molar-refractivity contribution is 5.83. The van der Waals surface area contributed by atoms with Gasteiger partial charge in [-0.15, -0.1) is 0 Å². The van der Waals surface area contributed by atoms with Gasteiger partial charge in [-0.3, -0.25) is 4.90 Å². The van der Waals surface area contributed by atoms with Crippen LogP contribution in [0, 0.1) is 0 Å². The molecule has 0 unspecified atom stereocenters. The summed E-state index contributed by atoms with van der Waals surface area (Å²) >= 11 is 0. The van der Waals surface area contributed by atoms with Crippen molar-refractivity contribution in [3.05, 3.63) is 72.4 Å². The van der Waals surface area contributed by atoms with Gasteiger partial charge in [0.2, 0.25) is 5.95 Å². The van der Waals surface area contributed by atoms with Crippen molar-refractivity contribution in [2.75, 3.05) is 11.9 Å². The van der Waals surface area contributed by atoms with Crippen LogP contribution < -0.4 is 4.90 Å². The predicted octanol–water partition coefficient (Wildman–Crippen LogP) is 3.71. The van der Waals surface area contributed by atoms with Crippen molar-refractivity contribution < 1.29 is 9.90 Å². The molecule has 3 rings (SSSR count). The van der Waals surface area contributed by atoms with E-state index in [4.69, 9.17) is 0 Å². The number of hydrogen-bond acceptors (Lipinski definition) is 2. The first-order valence-corrected chi connectivity index (χ1v) is 7.28. The van der Waals surface area contributed by atoms with E-state index in [1.807, 2.05) is 71.4 Å². The van der Waals surface area contributed by atoms with Crippen molar-refractivity contribution in [3.8, 4) is 11.3 Å². The van der Waals surface area contributed by atoms with Crippen LogP contribution in [0.2, 0.25) is 0 Å². The lowest BCUT2D eigenvalue weighted by Crippen LogP contribution is -2.27. The van der Waals surface area contributed by atoms with Gasteiger partial charge in [0.15, 0.2) is 0 Å². The molecule has 1 heterocycles. The summed E-state index contributed by atoms with van der Waals surface area (Å²) in [4.78, 5) is 17.0. The number of carbonyl (C=O) groups is 1. The largest absolute Gasteiger partial charge is 0.465 e. The molecule has 0 aliphatic rings. The predicted molar refractivity (Wildman–Crippen MR) is 89.6 cm³/mol. The van der Waals surface area contributed by atoms with Gasteiger partial charge in [0.1, 0.15) is 0 Å². The average Bonchev–Trinajstić information content (AvgIpc) is 2.99. The van der Waals surface area contributed by atoms with Gasteiger partial charge in [-0.25, -0.2) is 9.78 Å². The number of benzene rings is 2. The van der Waals surface area contributed by atoms with Crippen LogP contribution in [0.4, 0.5) is 10.7 Å². The number of amides is 1. The van der Waals surface area contributed by atoms with E-state index in [9.17, 15) is 9.90 Å². The maximum atomic E-state index is 11.3. The van der Waals surface area contributed by atoms with E-state index in [1.54, 1.807) is 0 Å². The van der Waals surface area contributed by atoms with Crippen LogP contribution >= 0.6 is 0 Å². The summed E-state index contributed by atoms with van der Waals surface area (Å²) in [6, 6.07) is 19.6. The first-order chi connectivity index (χ1) is 11.1. The number of nitrogens with zero attached hydrogens (tertiary/aromatic N) is 3. The minimum atomic E-state index is -1.04. The van der Waals surface area contributed by atoms with Gasteiger partial charge in [0.05, 0.1) is 12.2 Å². The topological polar surface area (TPSA) is 58.4 Å². The van der Waals surface area contributed by atoms with Crippen LogP contribution in [-0.4, -0.2) is 27.8 Å². The quantitative estimate of drug-likeness (QED) is 0.799. The lowest BCUT2D eigenvalue weighted by Gasteiger charge is -2.14. The normalized spacial score (nSPS) is 10.5. The molecule has 0 saturated heterocycles. The zero-order valence-corrected chi connectivity index (χ0v) is 12.8. The molecule has 0 aliphatic heterocycles. The Morgan fingerprint density at radius 2 is 1.70 bits per heavy atom. The Labute approximate surface area is 134 Å². The Kier molecular flexibility index (Phi) is 4.10. The van der Waals surface area contributed by atoms with E-state index in [-0.39, 0.29) is 0 Å². The highest BCUT2D eigenvalue weighted by atomic mass is 16.4. The number of imidazole rings is 1. The van der Waals surface area contributed by atoms with Crippen LogP contribution in [0.15, 0.2) is 66.9 Å². The number of anilines is 1. The van der Waals surface area contributed by atoms with Crippen LogP contribution in [0.25, 0.3) is 11.3 Å². The molecule has 0 aliphatic carbocycles. The van der Waals surface area contributed by atoms with E-state index >= 15 is 0 Å². The van der Waals surface area contributed by atoms with Crippen LogP contribution in [0.5, 0.6) is 0 Å². The standard InChI is InChI=1S/C18H17N3O2/c1-20(18(22)23)17-19-16(15-10-6-3-7-11-15)13-21(17)12-14-8-4-2-5-9-14/h2-11,13H,12H2,1H3,(H,22,23). The average molecular weight is 307 g/mol. The second-order valence-corrected chi connectivity index (χ2v) is 5.25. The van der Waals surface area contributed by atoms with Gasteiger partial charge in [-0.1, -0.05) is 60.7 Å². The number of carboxylic acid groups (broad SMARTS) is 1. The molecular formula is C18H17N3O2. The third-order valence-corrected chi connectivity index (χ3v) is 3.61. The number of aromatic nitrogens is 2. The minimum Gasteiger partial charge on any atom is -0.465 e. The van der Waals surface area contributed by atoms with E-state index < -0.39 is 6.09 Å². The molecule has 0 atom stereocenters. The number of rotatable bonds is 4. The molecule has 1 amide bonds. The summed E-state index contributed by atoms with van der Waals surface area (Å²) in [5.41, 5.74) is 2.80. The molecule has 0 fully saturated rings. The van der Waals surface area contributed by atoms with Crippen molar-refractivity contribution in [2.24, 2.45) is 0 Å². The molecule has 0 radical (unpaired) electrons. The van der Waals surface area contributed by atoms with Gasteiger partial charge in [-0.05, 0) is 5.56 Å². The maximum Gasteiger partial charge on any atom is 0.413 e. The van der Waals surface area contributed by atoms with Crippen LogP contribution in [-0.2, 0) is 6.54 Å². The van der Waals surface area contributed by atoms with Crippen molar-refractivity contribution in [1.29, 1.82) is 0 Å². The molecule has 0 bridgehead atoms. The summed E-state index contributed by atoms with van der Waals surface area (Å²) < 4.78 is 1.85. The zero-order chi connectivity index (χ0) is 16.2. The fourth-order valence-electron chi connectivity index (χ4n) is 2.40. The van der Waals surface area contributed by atoms with E-state index in [1.165, 1.54) is 7.05 Å². The van der Waals surface area contributed by atoms with Gasteiger partial charge < -0.3 is 9.67 Å². The Balaban J connectivity index is 2.02. The van der Waals surface area contributed by atoms with Gasteiger partial charge in [-0.2, -0.15) is 0 Å². The third kappa shape index (κ3) is 3.23. The molecule has 1 N–H and O–H groups in total. The van der Waals surface area contributed by atoms with Crippen molar-refractivity contribution >= 4 is 12.0 Å². The fraction of sp³-hybridized carbons (Fsp3) is 0.111. The maximum absolute atomic E-state index is 11.3. The molecule has 0 spiro atoms. The molecule has 23 heavy (non-hydrogen) atoms. The highest BCUT2D eigenvalue weighted by Gasteiger charge is 2.18. The monoisotopic (exact) mass is 307 g/mol. The van der Waals surface area contributed by atoms with Crippen LogP contribution in [0.1, 0.15) is 5.56 Å². The molecule has 2 aromatic carbocycles. The summed E-state index contributed by atoms with van der Waals surface area (Å²) in [6.07, 6.45) is 0.849. The van der Waals surface area contributed by atoms with Crippen molar-refractivity contribution in [3.63, 3.8) is 0 Å². The zero-order valence-electron chi connectivity index (χ0n) is 12.8. The van der Waals surface area contributed by atoms with E-state index in [0.29, 0.717) is 12.5 Å². The summed E-state index contributed by atoms with van der Waals surface area (Å²) in [5.74, 6) is 0.403. The molecular weight excluding hydrogens is 290 g/mol. The first kappa shape index (κ1) is 14.8. The second-order valence-electron chi connectivity index (χ2n) is 5.25. The summed E-state index contributed by atoms with van der Waals surface area (Å²) in [6.45, 7) is 0.563. The summed E-state index contributed by atoms with van der Waals surface area (Å²) in [7, 11) is 1.50. The SMILES string of the molecule is CN(C(=O)O)c1nc(-c2ccccc2)cn1Cc1ccccc1. The molecule has 116 valence electrons. The van der Waals surface area contributed by atoms with Gasteiger partial charge in [0, 0.05) is 18.8 Å². The lowest BCUT2D eigenvalue weighted by atomic mass is 10.2. The van der Waals surface area contributed by atoms with E-state index in [2.05, 4.69) is 4.98 Å². The minimum absolute atomic E-state index is 0.403. The van der Waals surface area contributed by atoms with Gasteiger partial charge in [0.25, 0.3) is 0 Å². The van der Waals surface area contributed by atoms with Gasteiger partial charge >= 0.3 is 6.09 Å². The Bertz CT molecular complexity index is 798. The Morgan fingerprint density at radius 1 is 1.09 bits per heavy atom. The Morgan fingerprint density at radius 3 is 2.30 bits per heavy atom. The fourth-order valence-corrected chi connectivity index (χ4v) is 2.40. The van der Waals surface area contributed by atoms with Crippen molar-refractivity contribution in [1.82, 2.24) is 9.55 Å². The first-order valence-electron chi connectivity index (χ1n) is 7.28. The molecule has 3 aromatic rings. The molecule has 0 saturated carbocycles. The number of hydrogen-bond donors (Lipinski definition) is 1. The van der Waals surface area contributed by atoms with Crippen LogP contribution in [0.3, 0.4) is 0 Å². The molecule has 5 heteroatoms. The molecule has 5 nitrogen and oxygen atoms in total. The summed E-state index contributed by atoms with van der Waals surface area (Å²) in [5, 5.41) is 9.28. The van der Waals surface area contributed by atoms with E-state index in [0.717, 1.165) is 21.7 Å². The van der Waals surface area contributed by atoms with Crippen molar-refractivity contribution in [2.45, 2.75) is 6.54 Å². The molecule has 1 aromatic heterocycles. The Hall–Kier alpha value is -3.08. The third-order valence-electron chi connectivity index (χ3n) is 3.61. The highest BCUT2D eigenvalue weighted by Crippen LogP contribution is 2.23. The second kappa shape index (κ2) is 6.36.